The average molecular weight is 296 g/mol. The fraction of sp³-hybridized carbons (Fsp3) is 0.294. The molecule has 2 unspecified atom stereocenters. The van der Waals surface area contributed by atoms with Gasteiger partial charge in [-0.1, -0.05) is 30.3 Å². The van der Waals surface area contributed by atoms with Crippen molar-refractivity contribution >= 4 is 22.2 Å². The molecule has 4 heteroatoms. The van der Waals surface area contributed by atoms with E-state index in [4.69, 9.17) is 0 Å². The van der Waals surface area contributed by atoms with Crippen molar-refractivity contribution < 1.29 is 4.79 Å². The van der Waals surface area contributed by atoms with Gasteiger partial charge in [0.1, 0.15) is 11.1 Å². The molecule has 0 aliphatic heterocycles. The maximum Gasteiger partial charge on any atom is 0.228 e. The molecular formula is C17H16N2OS. The zero-order valence-corrected chi connectivity index (χ0v) is 12.8. The normalized spacial score (nSPS) is 19.9. The summed E-state index contributed by atoms with van der Waals surface area (Å²) in [7, 11) is 0. The van der Waals surface area contributed by atoms with Gasteiger partial charge in [0.15, 0.2) is 0 Å². The summed E-state index contributed by atoms with van der Waals surface area (Å²) in [6.07, 6.45) is 0.890. The maximum absolute atomic E-state index is 12.3. The molecule has 1 aromatic heterocycles. The molecule has 1 amide bonds. The van der Waals surface area contributed by atoms with E-state index in [9.17, 15) is 10.1 Å². The minimum Gasteiger partial charge on any atom is -0.316 e. The Balaban J connectivity index is 1.72. The first-order chi connectivity index (χ1) is 10.1. The number of nitrogens with one attached hydrogen (secondary N) is 1. The molecule has 106 valence electrons. The van der Waals surface area contributed by atoms with Crippen molar-refractivity contribution in [3.8, 4) is 6.07 Å². The number of hydrogen-bond donors (Lipinski definition) is 1. The van der Waals surface area contributed by atoms with Gasteiger partial charge in [0, 0.05) is 10.8 Å². The first-order valence-corrected chi connectivity index (χ1v) is 7.79. The first-order valence-electron chi connectivity index (χ1n) is 6.97. The molecule has 1 N–H and O–H groups in total. The number of hydrogen-bond acceptors (Lipinski definition) is 3. The zero-order chi connectivity index (χ0) is 15.0. The lowest BCUT2D eigenvalue weighted by Crippen LogP contribution is -2.14. The lowest BCUT2D eigenvalue weighted by Gasteiger charge is -2.03. The number of benzene rings is 1. The third-order valence-corrected chi connectivity index (χ3v) is 5.21. The SMILES string of the molecule is Cc1sc(NC(=O)C2CC2c2ccccc2)c(C#N)c1C. The van der Waals surface area contributed by atoms with E-state index >= 15 is 0 Å². The van der Waals surface area contributed by atoms with Gasteiger partial charge < -0.3 is 5.32 Å². The van der Waals surface area contributed by atoms with Crippen LogP contribution in [0.1, 0.15) is 33.9 Å². The molecule has 21 heavy (non-hydrogen) atoms. The molecule has 1 aliphatic rings. The van der Waals surface area contributed by atoms with Crippen molar-refractivity contribution in [2.45, 2.75) is 26.2 Å². The van der Waals surface area contributed by atoms with Gasteiger partial charge >= 0.3 is 0 Å². The molecule has 0 radical (unpaired) electrons. The quantitative estimate of drug-likeness (QED) is 0.931. The zero-order valence-electron chi connectivity index (χ0n) is 12.0. The third kappa shape index (κ3) is 2.57. The highest BCUT2D eigenvalue weighted by molar-refractivity contribution is 7.16. The summed E-state index contributed by atoms with van der Waals surface area (Å²) in [6.45, 7) is 3.89. The van der Waals surface area contributed by atoms with Crippen LogP contribution in [0.15, 0.2) is 30.3 Å². The number of thiophene rings is 1. The van der Waals surface area contributed by atoms with Crippen molar-refractivity contribution in [2.24, 2.45) is 5.92 Å². The van der Waals surface area contributed by atoms with Crippen molar-refractivity contribution in [1.29, 1.82) is 5.26 Å². The fourth-order valence-electron chi connectivity index (χ4n) is 2.61. The molecule has 2 aromatic rings. The van der Waals surface area contributed by atoms with Gasteiger partial charge in [-0.25, -0.2) is 0 Å². The van der Waals surface area contributed by atoms with Crippen molar-refractivity contribution in [2.75, 3.05) is 5.32 Å². The Morgan fingerprint density at radius 1 is 1.33 bits per heavy atom. The molecule has 2 atom stereocenters. The van der Waals surface area contributed by atoms with Crippen LogP contribution in [0.3, 0.4) is 0 Å². The van der Waals surface area contributed by atoms with E-state index in [-0.39, 0.29) is 11.8 Å². The van der Waals surface area contributed by atoms with Crippen molar-refractivity contribution in [1.82, 2.24) is 0 Å². The molecule has 1 aromatic carbocycles. The molecule has 3 nitrogen and oxygen atoms in total. The average Bonchev–Trinajstić information content (AvgIpc) is 3.24. The standard InChI is InChI=1S/C17H16N2OS/c1-10-11(2)21-17(15(10)9-18)19-16(20)14-8-13(14)12-6-4-3-5-7-12/h3-7,13-14H,8H2,1-2H3,(H,19,20). The van der Waals surface area contributed by atoms with Crippen molar-refractivity contribution in [3.63, 3.8) is 0 Å². The first kappa shape index (κ1) is 13.8. The lowest BCUT2D eigenvalue weighted by molar-refractivity contribution is -0.117. The van der Waals surface area contributed by atoms with E-state index in [2.05, 4.69) is 23.5 Å². The monoisotopic (exact) mass is 296 g/mol. The van der Waals surface area contributed by atoms with Crippen LogP contribution in [-0.4, -0.2) is 5.91 Å². The van der Waals surface area contributed by atoms with Crippen LogP contribution >= 0.6 is 11.3 Å². The van der Waals surface area contributed by atoms with Gasteiger partial charge in [-0.2, -0.15) is 5.26 Å². The smallest absolute Gasteiger partial charge is 0.228 e. The summed E-state index contributed by atoms with van der Waals surface area (Å²) >= 11 is 1.48. The minimum absolute atomic E-state index is 0.0293. The third-order valence-electron chi connectivity index (χ3n) is 4.09. The Labute approximate surface area is 128 Å². The number of amides is 1. The molecule has 0 saturated heterocycles. The summed E-state index contributed by atoms with van der Waals surface area (Å²) in [4.78, 5) is 13.4. The maximum atomic E-state index is 12.3. The van der Waals surface area contributed by atoms with Gasteiger partial charge in [-0.3, -0.25) is 4.79 Å². The molecular weight excluding hydrogens is 280 g/mol. The van der Waals surface area contributed by atoms with E-state index in [0.29, 0.717) is 16.5 Å². The molecule has 0 bridgehead atoms. The summed E-state index contributed by atoms with van der Waals surface area (Å²) in [5, 5.41) is 12.8. The number of aryl methyl sites for hydroxylation is 1. The van der Waals surface area contributed by atoms with Gasteiger partial charge in [0.05, 0.1) is 5.56 Å². The fourth-order valence-corrected chi connectivity index (χ4v) is 3.62. The van der Waals surface area contributed by atoms with E-state index in [0.717, 1.165) is 16.9 Å². The number of rotatable bonds is 3. The van der Waals surface area contributed by atoms with Crippen molar-refractivity contribution in [3.05, 3.63) is 51.9 Å². The van der Waals surface area contributed by atoms with Gasteiger partial charge in [-0.15, -0.1) is 11.3 Å². The number of carbonyl (C=O) groups excluding carboxylic acids is 1. The number of nitrogens with zero attached hydrogens (tertiary/aromatic N) is 1. The topological polar surface area (TPSA) is 52.9 Å². The highest BCUT2D eigenvalue weighted by atomic mass is 32.1. The van der Waals surface area contributed by atoms with Crippen LogP contribution in [0.4, 0.5) is 5.00 Å². The number of carbonyl (C=O) groups is 1. The van der Waals surface area contributed by atoms with Crippen LogP contribution in [0.25, 0.3) is 0 Å². The van der Waals surface area contributed by atoms with Crippen LogP contribution in [-0.2, 0) is 4.79 Å². The molecule has 1 saturated carbocycles. The predicted molar refractivity (Wildman–Crippen MR) is 84.4 cm³/mol. The lowest BCUT2D eigenvalue weighted by atomic mass is 10.1. The molecule has 1 aliphatic carbocycles. The highest BCUT2D eigenvalue weighted by Crippen LogP contribution is 2.48. The van der Waals surface area contributed by atoms with Crippen LogP contribution in [0, 0.1) is 31.1 Å². The minimum atomic E-state index is 0.0293. The second kappa shape index (κ2) is 5.34. The summed E-state index contributed by atoms with van der Waals surface area (Å²) in [6, 6.07) is 12.3. The Hall–Kier alpha value is -2.12. The Morgan fingerprint density at radius 2 is 2.05 bits per heavy atom. The molecule has 1 heterocycles. The highest BCUT2D eigenvalue weighted by Gasteiger charge is 2.44. The van der Waals surface area contributed by atoms with E-state index in [1.807, 2.05) is 32.0 Å². The van der Waals surface area contributed by atoms with E-state index in [1.165, 1.54) is 16.9 Å². The van der Waals surface area contributed by atoms with Crippen LogP contribution < -0.4 is 5.32 Å². The van der Waals surface area contributed by atoms with Gasteiger partial charge in [-0.05, 0) is 37.3 Å². The largest absolute Gasteiger partial charge is 0.316 e. The number of anilines is 1. The Kier molecular flexibility index (Phi) is 3.52. The van der Waals surface area contributed by atoms with E-state index in [1.54, 1.807) is 0 Å². The van der Waals surface area contributed by atoms with Gasteiger partial charge in [0.25, 0.3) is 0 Å². The predicted octanol–water partition coefficient (Wildman–Crippen LogP) is 3.98. The van der Waals surface area contributed by atoms with Gasteiger partial charge in [0.2, 0.25) is 5.91 Å². The Morgan fingerprint density at radius 3 is 2.71 bits per heavy atom. The van der Waals surface area contributed by atoms with E-state index < -0.39 is 0 Å². The summed E-state index contributed by atoms with van der Waals surface area (Å²) < 4.78 is 0. The summed E-state index contributed by atoms with van der Waals surface area (Å²) in [5.41, 5.74) is 2.78. The number of nitriles is 1. The Bertz CT molecular complexity index is 727. The van der Waals surface area contributed by atoms with Crippen LogP contribution in [0.5, 0.6) is 0 Å². The second-order valence-corrected chi connectivity index (χ2v) is 6.67. The molecule has 3 rings (SSSR count). The molecule has 1 fully saturated rings. The summed E-state index contributed by atoms with van der Waals surface area (Å²) in [5.74, 6) is 0.377. The molecule has 0 spiro atoms. The van der Waals surface area contributed by atoms with Crippen LogP contribution in [0.2, 0.25) is 0 Å². The second-order valence-electron chi connectivity index (χ2n) is 5.45.